The van der Waals surface area contributed by atoms with Gasteiger partial charge in [0.2, 0.25) is 11.4 Å². The lowest BCUT2D eigenvalue weighted by Crippen LogP contribution is -2.49. The summed E-state index contributed by atoms with van der Waals surface area (Å²) in [5.74, 6) is -4.34. The van der Waals surface area contributed by atoms with E-state index >= 15 is 0 Å². The van der Waals surface area contributed by atoms with Crippen molar-refractivity contribution < 1.29 is 49.6 Å². The highest BCUT2D eigenvalue weighted by atomic mass is 17.1. The molecule has 1 heterocycles. The smallest absolute Gasteiger partial charge is 0.382 e. The first-order valence-electron chi connectivity index (χ1n) is 6.82. The zero-order valence-electron chi connectivity index (χ0n) is 12.6. The van der Waals surface area contributed by atoms with Crippen LogP contribution in [0.1, 0.15) is 20.3 Å². The van der Waals surface area contributed by atoms with Crippen molar-refractivity contribution in [2.75, 3.05) is 13.2 Å². The van der Waals surface area contributed by atoms with Crippen LogP contribution in [-0.2, 0) is 24.0 Å². The third-order valence-electron chi connectivity index (χ3n) is 3.21. The van der Waals surface area contributed by atoms with Crippen LogP contribution in [0.3, 0.4) is 0 Å². The topological polar surface area (TPSA) is 163 Å². The van der Waals surface area contributed by atoms with Gasteiger partial charge >= 0.3 is 11.9 Å². The molecule has 0 spiro atoms. The Balaban J connectivity index is 3.34. The Morgan fingerprint density at radius 1 is 1.26 bits per heavy atom. The van der Waals surface area contributed by atoms with Crippen LogP contribution in [0, 0.1) is 5.92 Å². The van der Waals surface area contributed by atoms with Gasteiger partial charge in [-0.3, -0.25) is 0 Å². The van der Waals surface area contributed by atoms with Crippen LogP contribution in [0.15, 0.2) is 11.5 Å². The zero-order valence-corrected chi connectivity index (χ0v) is 12.6. The molecule has 132 valence electrons. The number of hydrogen-bond acceptors (Lipinski definition) is 10. The molecule has 0 fully saturated rings. The molecule has 0 radical (unpaired) electrons. The predicted octanol–water partition coefficient (Wildman–Crippen LogP) is -1.72. The van der Waals surface area contributed by atoms with Crippen LogP contribution in [0.5, 0.6) is 0 Å². The Kier molecular flexibility index (Phi) is 6.47. The number of carbonyl (C=O) groups is 2. The number of ether oxygens (including phenoxy) is 2. The van der Waals surface area contributed by atoms with Crippen molar-refractivity contribution in [2.24, 2.45) is 5.92 Å². The van der Waals surface area contributed by atoms with Gasteiger partial charge in [0.05, 0.1) is 13.2 Å². The predicted molar refractivity (Wildman–Crippen MR) is 71.3 cm³/mol. The van der Waals surface area contributed by atoms with E-state index in [9.17, 15) is 24.9 Å². The summed E-state index contributed by atoms with van der Waals surface area (Å²) < 4.78 is 9.82. The molecule has 1 aliphatic heterocycles. The van der Waals surface area contributed by atoms with Crippen LogP contribution in [0.25, 0.3) is 0 Å². The molecule has 1 rings (SSSR count). The lowest BCUT2D eigenvalue weighted by atomic mass is 9.85. The first-order valence-corrected chi connectivity index (χ1v) is 6.82. The van der Waals surface area contributed by atoms with Crippen molar-refractivity contribution in [1.29, 1.82) is 0 Å². The number of cyclic esters (lactones) is 1. The lowest BCUT2D eigenvalue weighted by molar-refractivity contribution is -0.211. The highest BCUT2D eigenvalue weighted by molar-refractivity contribution is 5.91. The number of carbonyl (C=O) groups excluding carboxylic acids is 2. The molecule has 0 aromatic heterocycles. The second-order valence-corrected chi connectivity index (χ2v) is 5.44. The second-order valence-electron chi connectivity index (χ2n) is 5.44. The van der Waals surface area contributed by atoms with Gasteiger partial charge in [-0.05, 0) is 12.3 Å². The van der Waals surface area contributed by atoms with Crippen molar-refractivity contribution in [2.45, 2.75) is 38.1 Å². The molecule has 0 saturated heterocycles. The molecular formula is C13H20O10. The Morgan fingerprint density at radius 2 is 1.87 bits per heavy atom. The standard InChI is InChI=1S/C13H20O10/c1-6(2)3-13(8(17)5-15)10(9(23-20)12(19)22-13)21-11(18)7(16)4-14/h6-8,14-17,20H,3-5H2,1-2H3/t7?,8-,13+/m0/s1. The third kappa shape index (κ3) is 3.79. The van der Waals surface area contributed by atoms with Gasteiger partial charge in [0.15, 0.2) is 6.10 Å². The van der Waals surface area contributed by atoms with Crippen LogP contribution in [0.4, 0.5) is 0 Å². The van der Waals surface area contributed by atoms with Crippen LogP contribution in [-0.4, -0.2) is 68.6 Å². The van der Waals surface area contributed by atoms with Gasteiger partial charge in [-0.25, -0.2) is 14.8 Å². The Bertz CT molecular complexity index is 485. The maximum Gasteiger partial charge on any atom is 0.382 e. The van der Waals surface area contributed by atoms with E-state index in [1.807, 2.05) is 0 Å². The van der Waals surface area contributed by atoms with E-state index in [1.165, 1.54) is 0 Å². The Hall–Kier alpha value is -1.72. The number of aliphatic hydroxyl groups excluding tert-OH is 4. The fourth-order valence-electron chi connectivity index (χ4n) is 2.24. The van der Waals surface area contributed by atoms with Crippen molar-refractivity contribution in [3.8, 4) is 0 Å². The molecule has 10 nitrogen and oxygen atoms in total. The minimum absolute atomic E-state index is 0.0782. The fraction of sp³-hybridized carbons (Fsp3) is 0.692. The highest BCUT2D eigenvalue weighted by Gasteiger charge is 2.57. The Labute approximate surface area is 131 Å². The van der Waals surface area contributed by atoms with Crippen LogP contribution >= 0.6 is 0 Å². The molecule has 0 aromatic carbocycles. The van der Waals surface area contributed by atoms with E-state index in [0.29, 0.717) is 0 Å². The molecule has 0 amide bonds. The SMILES string of the molecule is CC(C)C[C@]1([C@@H](O)CO)OC(=O)C(OO)=C1OC(=O)C(O)CO. The lowest BCUT2D eigenvalue weighted by Gasteiger charge is -2.34. The van der Waals surface area contributed by atoms with E-state index in [1.54, 1.807) is 13.8 Å². The van der Waals surface area contributed by atoms with E-state index in [4.69, 9.17) is 19.8 Å². The zero-order chi connectivity index (χ0) is 17.8. The van der Waals surface area contributed by atoms with Crippen molar-refractivity contribution in [1.82, 2.24) is 0 Å². The number of rotatable bonds is 8. The second kappa shape index (κ2) is 7.70. The first-order chi connectivity index (χ1) is 10.7. The van der Waals surface area contributed by atoms with Gasteiger partial charge in [-0.2, -0.15) is 0 Å². The minimum atomic E-state index is -1.98. The van der Waals surface area contributed by atoms with Gasteiger partial charge < -0.3 is 34.8 Å². The van der Waals surface area contributed by atoms with Gasteiger partial charge in [-0.15, -0.1) is 0 Å². The van der Waals surface area contributed by atoms with Gasteiger partial charge in [0.25, 0.3) is 5.76 Å². The van der Waals surface area contributed by atoms with Crippen molar-refractivity contribution in [3.05, 3.63) is 11.5 Å². The number of esters is 2. The molecule has 0 aromatic rings. The monoisotopic (exact) mass is 336 g/mol. The quantitative estimate of drug-likeness (QED) is 0.196. The first kappa shape index (κ1) is 19.3. The molecule has 0 saturated carbocycles. The molecular weight excluding hydrogens is 316 g/mol. The van der Waals surface area contributed by atoms with Crippen molar-refractivity contribution in [3.63, 3.8) is 0 Å². The van der Waals surface area contributed by atoms with Crippen LogP contribution < -0.4 is 0 Å². The van der Waals surface area contributed by atoms with Gasteiger partial charge in [0, 0.05) is 0 Å². The minimum Gasteiger partial charge on any atom is -0.442 e. The van der Waals surface area contributed by atoms with E-state index in [0.717, 1.165) is 0 Å². The molecule has 23 heavy (non-hydrogen) atoms. The molecule has 3 atom stereocenters. The summed E-state index contributed by atoms with van der Waals surface area (Å²) in [5, 5.41) is 46.1. The normalized spacial score (nSPS) is 23.7. The number of hydrogen-bond donors (Lipinski definition) is 5. The summed E-state index contributed by atoms with van der Waals surface area (Å²) in [6.45, 7) is 1.62. The molecule has 5 N–H and O–H groups in total. The molecule has 0 bridgehead atoms. The molecule has 1 unspecified atom stereocenters. The van der Waals surface area contributed by atoms with E-state index in [-0.39, 0.29) is 12.3 Å². The summed E-state index contributed by atoms with van der Waals surface area (Å²) in [5.41, 5.74) is -1.98. The third-order valence-corrected chi connectivity index (χ3v) is 3.21. The summed E-state index contributed by atoms with van der Waals surface area (Å²) in [7, 11) is 0. The summed E-state index contributed by atoms with van der Waals surface area (Å²) in [6.07, 6.45) is -3.68. The summed E-state index contributed by atoms with van der Waals surface area (Å²) in [6, 6.07) is 0. The average molecular weight is 336 g/mol. The maximum atomic E-state index is 11.8. The fourth-order valence-corrected chi connectivity index (χ4v) is 2.24. The summed E-state index contributed by atoms with van der Waals surface area (Å²) in [4.78, 5) is 27.3. The van der Waals surface area contributed by atoms with E-state index < -0.39 is 54.5 Å². The number of aliphatic hydroxyl groups is 4. The molecule has 0 aliphatic carbocycles. The largest absolute Gasteiger partial charge is 0.442 e. The van der Waals surface area contributed by atoms with Crippen LogP contribution in [0.2, 0.25) is 0 Å². The van der Waals surface area contributed by atoms with Crippen molar-refractivity contribution >= 4 is 11.9 Å². The molecule has 1 aliphatic rings. The average Bonchev–Trinajstić information content (AvgIpc) is 2.76. The maximum absolute atomic E-state index is 11.8. The summed E-state index contributed by atoms with van der Waals surface area (Å²) >= 11 is 0. The van der Waals surface area contributed by atoms with E-state index in [2.05, 4.69) is 4.89 Å². The Morgan fingerprint density at radius 3 is 2.30 bits per heavy atom. The van der Waals surface area contributed by atoms with Gasteiger partial charge in [0.1, 0.15) is 6.10 Å². The molecule has 10 heteroatoms. The van der Waals surface area contributed by atoms with Gasteiger partial charge in [-0.1, -0.05) is 13.8 Å². The highest BCUT2D eigenvalue weighted by Crippen LogP contribution is 2.41.